The summed E-state index contributed by atoms with van der Waals surface area (Å²) in [4.78, 5) is 16.9. The van der Waals surface area contributed by atoms with Gasteiger partial charge in [0.15, 0.2) is 5.82 Å². The Kier molecular flexibility index (Phi) is 8.68. The lowest BCUT2D eigenvalue weighted by Gasteiger charge is -2.06. The predicted octanol–water partition coefficient (Wildman–Crippen LogP) is 4.01. The fraction of sp³-hybridized carbons (Fsp3) is 0.286. The standard InChI is InChI=1S/C21H23N5O3S.2ClH/c1-4-29-17(27)9-23-8-14-10-26-19(21(22)24-11-25-26)18(14)16-7-13-5-12(2)6-15(28-3)20(13)30-16;;/h5-7,10-11,23H,4,8-9H2,1-3H3,(H2,22,24,25);2*1H. The average molecular weight is 498 g/mol. The van der Waals surface area contributed by atoms with Gasteiger partial charge in [0.1, 0.15) is 17.6 Å². The van der Waals surface area contributed by atoms with Gasteiger partial charge in [-0.3, -0.25) is 4.79 Å². The molecule has 0 saturated heterocycles. The molecule has 0 saturated carbocycles. The molecule has 3 aromatic heterocycles. The van der Waals surface area contributed by atoms with Crippen LogP contribution in [0.4, 0.5) is 5.82 Å². The number of aryl methyl sites for hydroxylation is 1. The minimum atomic E-state index is -0.288. The number of carbonyl (C=O) groups is 1. The second-order valence-corrected chi connectivity index (χ2v) is 7.92. The zero-order chi connectivity index (χ0) is 21.3. The van der Waals surface area contributed by atoms with Gasteiger partial charge in [-0.1, -0.05) is 6.07 Å². The van der Waals surface area contributed by atoms with Gasteiger partial charge in [0.25, 0.3) is 0 Å². The number of nitrogen functional groups attached to an aromatic ring is 1. The molecule has 0 aliphatic carbocycles. The summed E-state index contributed by atoms with van der Waals surface area (Å²) in [6.07, 6.45) is 3.34. The molecular weight excluding hydrogens is 473 g/mol. The number of nitrogens with one attached hydrogen (secondary N) is 1. The summed E-state index contributed by atoms with van der Waals surface area (Å²) in [5.41, 5.74) is 10.0. The summed E-state index contributed by atoms with van der Waals surface area (Å²) in [6, 6.07) is 6.29. The summed E-state index contributed by atoms with van der Waals surface area (Å²) in [6.45, 7) is 4.78. The number of benzene rings is 1. The second kappa shape index (κ2) is 10.8. The molecule has 0 radical (unpaired) electrons. The molecule has 0 aliphatic heterocycles. The predicted molar refractivity (Wildman–Crippen MR) is 132 cm³/mol. The summed E-state index contributed by atoms with van der Waals surface area (Å²) in [5, 5.41) is 8.56. The van der Waals surface area contributed by atoms with Crippen molar-refractivity contribution < 1.29 is 14.3 Å². The van der Waals surface area contributed by atoms with Crippen molar-refractivity contribution in [3.05, 3.63) is 41.9 Å². The lowest BCUT2D eigenvalue weighted by Crippen LogP contribution is -2.24. The number of hydrogen-bond donors (Lipinski definition) is 2. The normalized spacial score (nSPS) is 10.6. The summed E-state index contributed by atoms with van der Waals surface area (Å²) >= 11 is 1.63. The van der Waals surface area contributed by atoms with Crippen LogP contribution in [0.3, 0.4) is 0 Å². The number of nitrogens with two attached hydrogens (primary N) is 1. The minimum absolute atomic E-state index is 0. The number of anilines is 1. The van der Waals surface area contributed by atoms with E-state index < -0.39 is 0 Å². The highest BCUT2D eigenvalue weighted by atomic mass is 35.5. The molecule has 4 rings (SSSR count). The van der Waals surface area contributed by atoms with Gasteiger partial charge in [0.05, 0.1) is 25.0 Å². The molecule has 8 nitrogen and oxygen atoms in total. The van der Waals surface area contributed by atoms with Crippen LogP contribution in [0.1, 0.15) is 18.1 Å². The van der Waals surface area contributed by atoms with E-state index in [2.05, 4.69) is 27.5 Å². The Hall–Kier alpha value is -2.59. The molecule has 0 spiro atoms. The van der Waals surface area contributed by atoms with E-state index in [-0.39, 0.29) is 37.3 Å². The van der Waals surface area contributed by atoms with Crippen molar-refractivity contribution >= 4 is 63.5 Å². The van der Waals surface area contributed by atoms with Crippen molar-refractivity contribution in [3.63, 3.8) is 0 Å². The van der Waals surface area contributed by atoms with Crippen molar-refractivity contribution in [1.29, 1.82) is 0 Å². The van der Waals surface area contributed by atoms with E-state index >= 15 is 0 Å². The van der Waals surface area contributed by atoms with E-state index in [9.17, 15) is 4.79 Å². The molecule has 0 aliphatic rings. The Morgan fingerprint density at radius 3 is 2.78 bits per heavy atom. The molecule has 11 heteroatoms. The Labute approximate surface area is 201 Å². The Morgan fingerprint density at radius 1 is 1.28 bits per heavy atom. The van der Waals surface area contributed by atoms with Crippen molar-refractivity contribution in [2.24, 2.45) is 0 Å². The van der Waals surface area contributed by atoms with Crippen molar-refractivity contribution in [1.82, 2.24) is 19.9 Å². The topological polar surface area (TPSA) is 104 Å². The number of hydrogen-bond acceptors (Lipinski definition) is 8. The molecule has 0 bridgehead atoms. The minimum Gasteiger partial charge on any atom is -0.495 e. The third-order valence-corrected chi connectivity index (χ3v) is 5.95. The maximum Gasteiger partial charge on any atom is 0.319 e. The number of thiophene rings is 1. The first kappa shape index (κ1) is 25.7. The van der Waals surface area contributed by atoms with Crippen molar-refractivity contribution in [2.45, 2.75) is 20.4 Å². The molecule has 32 heavy (non-hydrogen) atoms. The first-order valence-electron chi connectivity index (χ1n) is 9.57. The van der Waals surface area contributed by atoms with Gasteiger partial charge in [-0.25, -0.2) is 9.50 Å². The van der Waals surface area contributed by atoms with Gasteiger partial charge in [0, 0.05) is 23.2 Å². The molecule has 172 valence electrons. The number of rotatable bonds is 7. The maximum absolute atomic E-state index is 11.7. The number of carbonyl (C=O) groups excluding carboxylic acids is 1. The van der Waals surface area contributed by atoms with Gasteiger partial charge in [-0.05, 0) is 42.5 Å². The molecule has 0 amide bonds. The van der Waals surface area contributed by atoms with Crippen molar-refractivity contribution in [3.8, 4) is 16.2 Å². The third kappa shape index (κ3) is 4.91. The smallest absolute Gasteiger partial charge is 0.319 e. The number of halogens is 2. The van der Waals surface area contributed by atoms with Gasteiger partial charge in [-0.2, -0.15) is 5.10 Å². The summed E-state index contributed by atoms with van der Waals surface area (Å²) < 4.78 is 13.4. The zero-order valence-electron chi connectivity index (χ0n) is 17.9. The van der Waals surface area contributed by atoms with Crippen LogP contribution in [0.2, 0.25) is 0 Å². The largest absolute Gasteiger partial charge is 0.495 e. The highest BCUT2D eigenvalue weighted by Crippen LogP contribution is 2.43. The van der Waals surface area contributed by atoms with Crippen LogP contribution in [-0.4, -0.2) is 40.8 Å². The monoisotopic (exact) mass is 497 g/mol. The highest BCUT2D eigenvalue weighted by molar-refractivity contribution is 7.22. The number of fused-ring (bicyclic) bond motifs is 2. The number of esters is 1. The third-order valence-electron chi connectivity index (χ3n) is 4.76. The second-order valence-electron chi connectivity index (χ2n) is 6.87. The number of methoxy groups -OCH3 is 1. The van der Waals surface area contributed by atoms with Crippen molar-refractivity contribution in [2.75, 3.05) is 26.0 Å². The Bertz CT molecular complexity index is 1240. The van der Waals surface area contributed by atoms with Gasteiger partial charge < -0.3 is 20.5 Å². The molecule has 0 atom stereocenters. The van der Waals surface area contributed by atoms with Gasteiger partial charge in [-0.15, -0.1) is 36.2 Å². The van der Waals surface area contributed by atoms with E-state index in [4.69, 9.17) is 15.2 Å². The molecule has 4 aromatic rings. The molecule has 0 unspecified atom stereocenters. The van der Waals surface area contributed by atoms with E-state index in [0.29, 0.717) is 19.0 Å². The van der Waals surface area contributed by atoms with Crippen LogP contribution in [0.5, 0.6) is 5.75 Å². The first-order chi connectivity index (χ1) is 14.5. The van der Waals surface area contributed by atoms with Crippen LogP contribution >= 0.6 is 36.2 Å². The number of nitrogens with zero attached hydrogens (tertiary/aromatic N) is 3. The SMILES string of the molecule is CCOC(=O)CNCc1cn2ncnc(N)c2c1-c1cc2cc(C)cc(OC)c2s1.Cl.Cl. The van der Waals surface area contributed by atoms with Gasteiger partial charge >= 0.3 is 5.97 Å². The summed E-state index contributed by atoms with van der Waals surface area (Å²) in [5.74, 6) is 0.956. The van der Waals surface area contributed by atoms with Crippen LogP contribution in [0.25, 0.3) is 26.0 Å². The quantitative estimate of drug-likeness (QED) is 0.371. The number of ether oxygens (including phenoxy) is 2. The van der Waals surface area contributed by atoms with Crippen LogP contribution in [-0.2, 0) is 16.1 Å². The summed E-state index contributed by atoms with van der Waals surface area (Å²) in [7, 11) is 1.68. The average Bonchev–Trinajstić information content (AvgIpc) is 3.29. The maximum atomic E-state index is 11.7. The lowest BCUT2D eigenvalue weighted by molar-refractivity contribution is -0.142. The van der Waals surface area contributed by atoms with E-state index in [1.54, 1.807) is 29.9 Å². The fourth-order valence-electron chi connectivity index (χ4n) is 3.54. The molecule has 3 N–H and O–H groups in total. The van der Waals surface area contributed by atoms with E-state index in [1.807, 2.05) is 19.2 Å². The van der Waals surface area contributed by atoms with Crippen LogP contribution in [0.15, 0.2) is 30.7 Å². The molecule has 0 fully saturated rings. The van der Waals surface area contributed by atoms with Crippen LogP contribution in [0, 0.1) is 6.92 Å². The first-order valence-corrected chi connectivity index (χ1v) is 10.4. The van der Waals surface area contributed by atoms with Gasteiger partial charge in [0.2, 0.25) is 0 Å². The molecular formula is C21H25Cl2N5O3S. The van der Waals surface area contributed by atoms with Crippen LogP contribution < -0.4 is 15.8 Å². The van der Waals surface area contributed by atoms with E-state index in [1.165, 1.54) is 6.33 Å². The number of aromatic nitrogens is 3. The Morgan fingerprint density at radius 2 is 2.06 bits per heavy atom. The highest BCUT2D eigenvalue weighted by Gasteiger charge is 2.20. The zero-order valence-corrected chi connectivity index (χ0v) is 20.3. The van der Waals surface area contributed by atoms with E-state index in [0.717, 1.165) is 42.9 Å². The lowest BCUT2D eigenvalue weighted by atomic mass is 10.1. The Balaban J connectivity index is 0.00000181. The fourth-order valence-corrected chi connectivity index (χ4v) is 4.76. The molecule has 1 aromatic carbocycles. The molecule has 3 heterocycles.